The summed E-state index contributed by atoms with van der Waals surface area (Å²) in [5.74, 6) is -1.04. The van der Waals surface area contributed by atoms with Crippen LogP contribution in [0.5, 0.6) is 0 Å². The van der Waals surface area contributed by atoms with Gasteiger partial charge in [-0.15, -0.1) is 0 Å². The number of anilines is 1. The maximum absolute atomic E-state index is 12.4. The molecule has 1 aliphatic heterocycles. The van der Waals surface area contributed by atoms with Gasteiger partial charge in [0, 0.05) is 11.6 Å². The maximum atomic E-state index is 12.4. The quantitative estimate of drug-likeness (QED) is 0.565. The Kier molecular flexibility index (Phi) is 5.21. The molecule has 1 atom stereocenters. The second-order valence-electron chi connectivity index (χ2n) is 6.64. The highest BCUT2D eigenvalue weighted by atomic mass is 32.2. The van der Waals surface area contributed by atoms with Crippen molar-refractivity contribution in [3.05, 3.63) is 64.7 Å². The van der Waals surface area contributed by atoms with E-state index in [-0.39, 0.29) is 17.4 Å². The smallest absolute Gasteiger partial charge is 0.338 e. The average Bonchev–Trinajstić information content (AvgIpc) is 3.00. The molecule has 0 unspecified atom stereocenters. The molecule has 2 aromatic rings. The molecule has 0 N–H and O–H groups in total. The van der Waals surface area contributed by atoms with E-state index in [4.69, 9.17) is 10.00 Å². The molecule has 0 saturated carbocycles. The van der Waals surface area contributed by atoms with E-state index in [2.05, 4.69) is 0 Å². The van der Waals surface area contributed by atoms with Gasteiger partial charge in [-0.3, -0.25) is 9.10 Å². The highest BCUT2D eigenvalue weighted by Crippen LogP contribution is 2.34. The SMILES string of the molecule is C[C@@H]1Cc2cc(C(=O)COC(=O)c3ccc(C#N)cc3)ccc2N1S(C)(=O)=O. The Bertz CT molecular complexity index is 1080. The maximum Gasteiger partial charge on any atom is 0.338 e. The first-order chi connectivity index (χ1) is 13.2. The zero-order chi connectivity index (χ0) is 20.5. The summed E-state index contributed by atoms with van der Waals surface area (Å²) in [5, 5.41) is 8.77. The standard InChI is InChI=1S/C20H18N2O5S/c1-13-9-17-10-16(7-8-18(17)22(13)28(2,25)26)19(23)12-27-20(24)15-5-3-14(11-21)4-6-15/h3-8,10,13H,9,12H2,1-2H3/t13-/m1/s1. The molecule has 0 saturated heterocycles. The van der Waals surface area contributed by atoms with Crippen molar-refractivity contribution in [3.8, 4) is 6.07 Å². The monoisotopic (exact) mass is 398 g/mol. The molecule has 0 bridgehead atoms. The van der Waals surface area contributed by atoms with Crippen LogP contribution in [0.1, 0.15) is 38.8 Å². The predicted octanol–water partition coefficient (Wildman–Crippen LogP) is 2.31. The van der Waals surface area contributed by atoms with Gasteiger partial charge in [-0.25, -0.2) is 13.2 Å². The Morgan fingerprint density at radius 1 is 1.18 bits per heavy atom. The van der Waals surface area contributed by atoms with Gasteiger partial charge in [0.15, 0.2) is 12.4 Å². The molecule has 0 aliphatic carbocycles. The van der Waals surface area contributed by atoms with Crippen LogP contribution in [-0.4, -0.2) is 39.1 Å². The number of Topliss-reactive ketones (excluding diaryl/α,β-unsaturated/α-hetero) is 1. The number of ketones is 1. The van der Waals surface area contributed by atoms with Gasteiger partial charge in [0.05, 0.1) is 29.1 Å². The van der Waals surface area contributed by atoms with Gasteiger partial charge in [0.25, 0.3) is 0 Å². The molecular formula is C20H18N2O5S. The van der Waals surface area contributed by atoms with Crippen LogP contribution in [0.25, 0.3) is 0 Å². The lowest BCUT2D eigenvalue weighted by Gasteiger charge is -2.21. The molecule has 0 fully saturated rings. The summed E-state index contributed by atoms with van der Waals surface area (Å²) in [6.45, 7) is 1.38. The molecule has 8 heteroatoms. The number of hydrogen-bond donors (Lipinski definition) is 0. The molecule has 7 nitrogen and oxygen atoms in total. The van der Waals surface area contributed by atoms with Gasteiger partial charge >= 0.3 is 5.97 Å². The first-order valence-electron chi connectivity index (χ1n) is 8.53. The Balaban J connectivity index is 1.70. The third-order valence-electron chi connectivity index (χ3n) is 4.50. The Hall–Kier alpha value is -3.18. The number of hydrogen-bond acceptors (Lipinski definition) is 6. The summed E-state index contributed by atoms with van der Waals surface area (Å²) in [6.07, 6.45) is 1.66. The fraction of sp³-hybridized carbons (Fsp3) is 0.250. The van der Waals surface area contributed by atoms with Gasteiger partial charge in [-0.05, 0) is 61.4 Å². The topological polar surface area (TPSA) is 105 Å². The van der Waals surface area contributed by atoms with Crippen molar-refractivity contribution in [3.63, 3.8) is 0 Å². The van der Waals surface area contributed by atoms with Gasteiger partial charge < -0.3 is 4.74 Å². The highest BCUT2D eigenvalue weighted by Gasteiger charge is 2.32. The zero-order valence-corrected chi connectivity index (χ0v) is 16.2. The summed E-state index contributed by atoms with van der Waals surface area (Å²) in [4.78, 5) is 24.4. The lowest BCUT2D eigenvalue weighted by molar-refractivity contribution is 0.0474. The van der Waals surface area contributed by atoms with Gasteiger partial charge in [-0.2, -0.15) is 5.26 Å². The minimum absolute atomic E-state index is 0.218. The van der Waals surface area contributed by atoms with Crippen LogP contribution in [0.2, 0.25) is 0 Å². The Morgan fingerprint density at radius 3 is 2.43 bits per heavy atom. The van der Waals surface area contributed by atoms with Crippen LogP contribution in [0, 0.1) is 11.3 Å². The third-order valence-corrected chi connectivity index (χ3v) is 5.77. The highest BCUT2D eigenvalue weighted by molar-refractivity contribution is 7.92. The lowest BCUT2D eigenvalue weighted by Crippen LogP contribution is -2.34. The molecule has 144 valence electrons. The summed E-state index contributed by atoms with van der Waals surface area (Å²) < 4.78 is 30.3. The second-order valence-corrected chi connectivity index (χ2v) is 8.50. The van der Waals surface area contributed by atoms with Crippen LogP contribution in [-0.2, 0) is 21.2 Å². The Labute approximate surface area is 163 Å². The number of carbonyl (C=O) groups is 2. The molecule has 0 amide bonds. The minimum atomic E-state index is -3.40. The molecule has 1 aliphatic rings. The van der Waals surface area contributed by atoms with Gasteiger partial charge in [0.2, 0.25) is 10.0 Å². The van der Waals surface area contributed by atoms with E-state index in [1.54, 1.807) is 12.1 Å². The van der Waals surface area contributed by atoms with Crippen molar-refractivity contribution in [1.82, 2.24) is 0 Å². The summed E-state index contributed by atoms with van der Waals surface area (Å²) in [6, 6.07) is 12.4. The average molecular weight is 398 g/mol. The number of rotatable bonds is 5. The van der Waals surface area contributed by atoms with Crippen LogP contribution >= 0.6 is 0 Å². The molecule has 28 heavy (non-hydrogen) atoms. The summed E-state index contributed by atoms with van der Waals surface area (Å²) in [5.41, 5.74) is 2.36. The number of esters is 1. The third kappa shape index (κ3) is 3.89. The molecule has 1 heterocycles. The van der Waals surface area contributed by atoms with E-state index in [1.807, 2.05) is 13.0 Å². The van der Waals surface area contributed by atoms with Gasteiger partial charge in [-0.1, -0.05) is 0 Å². The van der Waals surface area contributed by atoms with Crippen LogP contribution in [0.3, 0.4) is 0 Å². The fourth-order valence-electron chi connectivity index (χ4n) is 3.26. The molecular weight excluding hydrogens is 380 g/mol. The zero-order valence-electron chi connectivity index (χ0n) is 15.4. The molecule has 0 radical (unpaired) electrons. The van der Waals surface area contributed by atoms with Crippen molar-refractivity contribution in [2.24, 2.45) is 0 Å². The first-order valence-corrected chi connectivity index (χ1v) is 10.4. The summed E-state index contributed by atoms with van der Waals surface area (Å²) >= 11 is 0. The fourth-order valence-corrected chi connectivity index (χ4v) is 4.52. The Morgan fingerprint density at radius 2 is 1.82 bits per heavy atom. The predicted molar refractivity (Wildman–Crippen MR) is 103 cm³/mol. The number of carbonyl (C=O) groups excluding carboxylic acids is 2. The number of ether oxygens (including phenoxy) is 1. The van der Waals surface area contributed by atoms with E-state index < -0.39 is 22.6 Å². The van der Waals surface area contributed by atoms with E-state index >= 15 is 0 Å². The van der Waals surface area contributed by atoms with Crippen molar-refractivity contribution < 1.29 is 22.7 Å². The largest absolute Gasteiger partial charge is 0.454 e. The number of nitriles is 1. The van der Waals surface area contributed by atoms with Crippen LogP contribution < -0.4 is 4.31 Å². The second kappa shape index (κ2) is 7.44. The molecule has 3 rings (SSSR count). The minimum Gasteiger partial charge on any atom is -0.454 e. The van der Waals surface area contributed by atoms with E-state index in [9.17, 15) is 18.0 Å². The van der Waals surface area contributed by atoms with Gasteiger partial charge in [0.1, 0.15) is 0 Å². The molecule has 0 aromatic heterocycles. The van der Waals surface area contributed by atoms with Crippen molar-refractivity contribution >= 4 is 27.5 Å². The van der Waals surface area contributed by atoms with Crippen LogP contribution in [0.4, 0.5) is 5.69 Å². The molecule has 0 spiro atoms. The number of sulfonamides is 1. The van der Waals surface area contributed by atoms with E-state index in [1.165, 1.54) is 34.6 Å². The lowest BCUT2D eigenvalue weighted by atomic mass is 10.0. The van der Waals surface area contributed by atoms with Crippen molar-refractivity contribution in [2.75, 3.05) is 17.2 Å². The number of nitrogens with zero attached hydrogens (tertiary/aromatic N) is 2. The van der Waals surface area contributed by atoms with Crippen molar-refractivity contribution in [2.45, 2.75) is 19.4 Å². The normalized spacial score (nSPS) is 15.6. The van der Waals surface area contributed by atoms with E-state index in [0.717, 1.165) is 11.8 Å². The molecule has 2 aromatic carbocycles. The van der Waals surface area contributed by atoms with Crippen molar-refractivity contribution in [1.29, 1.82) is 5.26 Å². The van der Waals surface area contributed by atoms with Crippen LogP contribution in [0.15, 0.2) is 42.5 Å². The number of fused-ring (bicyclic) bond motifs is 1. The van der Waals surface area contributed by atoms with E-state index in [0.29, 0.717) is 23.2 Å². The number of benzene rings is 2. The summed E-state index contributed by atoms with van der Waals surface area (Å²) in [7, 11) is -3.40. The first kappa shape index (κ1) is 19.6.